The van der Waals surface area contributed by atoms with Gasteiger partial charge in [0.1, 0.15) is 11.5 Å². The number of H-pyrrole nitrogens is 1. The number of methoxy groups -OCH3 is 2. The molecular weight excluding hydrogens is 328 g/mol. The molecule has 26 heavy (non-hydrogen) atoms. The van der Waals surface area contributed by atoms with Gasteiger partial charge in [-0.25, -0.2) is 0 Å². The molecule has 1 heterocycles. The molecule has 0 saturated carbocycles. The Labute approximate surface area is 153 Å². The molecule has 5 nitrogen and oxygen atoms in total. The summed E-state index contributed by atoms with van der Waals surface area (Å²) in [6.07, 6.45) is 0.766. The Hall–Kier alpha value is -2.95. The Morgan fingerprint density at radius 2 is 1.73 bits per heavy atom. The third-order valence-electron chi connectivity index (χ3n) is 4.55. The first-order chi connectivity index (χ1) is 12.5. The number of aryl methyl sites for hydroxylation is 2. The zero-order chi connectivity index (χ0) is 18.7. The van der Waals surface area contributed by atoms with Crippen LogP contribution < -0.4 is 14.8 Å². The molecule has 3 rings (SSSR count). The lowest BCUT2D eigenvalue weighted by atomic mass is 10.1. The minimum absolute atomic E-state index is 0.143. The maximum absolute atomic E-state index is 12.5. The summed E-state index contributed by atoms with van der Waals surface area (Å²) < 4.78 is 10.4. The van der Waals surface area contributed by atoms with E-state index in [9.17, 15) is 4.79 Å². The SMILES string of the molecule is COc1cc(OC)cc(C(=O)NCCc2c(C)[nH]c3ccc(C)cc23)c1. The zero-order valence-electron chi connectivity index (χ0n) is 15.6. The highest BCUT2D eigenvalue weighted by Gasteiger charge is 2.12. The normalized spacial score (nSPS) is 10.8. The molecule has 0 unspecified atom stereocenters. The smallest absolute Gasteiger partial charge is 0.251 e. The van der Waals surface area contributed by atoms with Crippen molar-refractivity contribution in [2.75, 3.05) is 20.8 Å². The molecule has 0 aliphatic rings. The van der Waals surface area contributed by atoms with Gasteiger partial charge in [-0.3, -0.25) is 4.79 Å². The molecule has 2 aromatic carbocycles. The lowest BCUT2D eigenvalue weighted by molar-refractivity contribution is 0.0953. The number of fused-ring (bicyclic) bond motifs is 1. The predicted octanol–water partition coefficient (Wildman–Crippen LogP) is 3.77. The standard InChI is InChI=1S/C21H24N2O3/c1-13-5-6-20-19(9-13)18(14(2)23-20)7-8-22-21(24)15-10-16(25-3)12-17(11-15)26-4/h5-6,9-12,23H,7-8H2,1-4H3,(H,22,24). The highest BCUT2D eigenvalue weighted by molar-refractivity contribution is 5.95. The molecule has 2 N–H and O–H groups in total. The van der Waals surface area contributed by atoms with Crippen molar-refractivity contribution in [1.29, 1.82) is 0 Å². The number of carbonyl (C=O) groups is 1. The van der Waals surface area contributed by atoms with Gasteiger partial charge < -0.3 is 19.8 Å². The second-order valence-corrected chi connectivity index (χ2v) is 6.38. The minimum Gasteiger partial charge on any atom is -0.497 e. The van der Waals surface area contributed by atoms with Crippen LogP contribution in [0.4, 0.5) is 0 Å². The van der Waals surface area contributed by atoms with Crippen LogP contribution in [0.2, 0.25) is 0 Å². The van der Waals surface area contributed by atoms with Gasteiger partial charge in [-0.05, 0) is 50.1 Å². The number of hydrogen-bond donors (Lipinski definition) is 2. The molecule has 1 aromatic heterocycles. The Bertz CT molecular complexity index is 922. The maximum atomic E-state index is 12.5. The number of aromatic amines is 1. The van der Waals surface area contributed by atoms with Gasteiger partial charge in [-0.2, -0.15) is 0 Å². The topological polar surface area (TPSA) is 63.4 Å². The van der Waals surface area contributed by atoms with Crippen molar-refractivity contribution in [3.05, 3.63) is 58.8 Å². The second-order valence-electron chi connectivity index (χ2n) is 6.38. The quantitative estimate of drug-likeness (QED) is 0.710. The van der Waals surface area contributed by atoms with Gasteiger partial charge in [0, 0.05) is 34.8 Å². The van der Waals surface area contributed by atoms with Gasteiger partial charge >= 0.3 is 0 Å². The number of carbonyl (C=O) groups excluding carboxylic acids is 1. The van der Waals surface area contributed by atoms with E-state index in [4.69, 9.17) is 9.47 Å². The van der Waals surface area contributed by atoms with Gasteiger partial charge in [0.05, 0.1) is 14.2 Å². The third-order valence-corrected chi connectivity index (χ3v) is 4.55. The highest BCUT2D eigenvalue weighted by Crippen LogP contribution is 2.24. The Balaban J connectivity index is 1.71. The van der Waals surface area contributed by atoms with Gasteiger partial charge in [0.15, 0.2) is 0 Å². The molecule has 0 aliphatic carbocycles. The van der Waals surface area contributed by atoms with Crippen LogP contribution in [-0.2, 0) is 6.42 Å². The van der Waals surface area contributed by atoms with E-state index in [0.29, 0.717) is 23.6 Å². The van der Waals surface area contributed by atoms with Crippen molar-refractivity contribution in [1.82, 2.24) is 10.3 Å². The van der Waals surface area contributed by atoms with Crippen molar-refractivity contribution in [3.8, 4) is 11.5 Å². The first-order valence-electron chi connectivity index (χ1n) is 8.61. The van der Waals surface area contributed by atoms with E-state index in [1.165, 1.54) is 16.5 Å². The van der Waals surface area contributed by atoms with Crippen molar-refractivity contribution in [2.24, 2.45) is 0 Å². The van der Waals surface area contributed by atoms with Crippen molar-refractivity contribution in [2.45, 2.75) is 20.3 Å². The van der Waals surface area contributed by atoms with Crippen LogP contribution in [-0.4, -0.2) is 31.7 Å². The van der Waals surface area contributed by atoms with Crippen molar-refractivity contribution >= 4 is 16.8 Å². The summed E-state index contributed by atoms with van der Waals surface area (Å²) in [5.41, 5.74) is 5.26. The van der Waals surface area contributed by atoms with Crippen LogP contribution in [0.3, 0.4) is 0 Å². The minimum atomic E-state index is -0.143. The van der Waals surface area contributed by atoms with Crippen LogP contribution in [0.25, 0.3) is 10.9 Å². The molecule has 1 amide bonds. The average Bonchev–Trinajstić information content (AvgIpc) is 2.96. The number of rotatable bonds is 6. The van der Waals surface area contributed by atoms with Gasteiger partial charge in [-0.15, -0.1) is 0 Å². The summed E-state index contributed by atoms with van der Waals surface area (Å²) in [5.74, 6) is 1.05. The molecule has 5 heteroatoms. The van der Waals surface area contributed by atoms with Crippen molar-refractivity contribution < 1.29 is 14.3 Å². The van der Waals surface area contributed by atoms with E-state index in [1.807, 2.05) is 0 Å². The van der Waals surface area contributed by atoms with E-state index in [1.54, 1.807) is 32.4 Å². The zero-order valence-corrected chi connectivity index (χ0v) is 15.6. The fraction of sp³-hybridized carbons (Fsp3) is 0.286. The predicted molar refractivity (Wildman–Crippen MR) is 103 cm³/mol. The van der Waals surface area contributed by atoms with Gasteiger partial charge in [-0.1, -0.05) is 11.6 Å². The summed E-state index contributed by atoms with van der Waals surface area (Å²) >= 11 is 0. The number of amides is 1. The molecular formula is C21H24N2O3. The Morgan fingerprint density at radius 1 is 1.04 bits per heavy atom. The van der Waals surface area contributed by atoms with E-state index < -0.39 is 0 Å². The monoisotopic (exact) mass is 352 g/mol. The van der Waals surface area contributed by atoms with Crippen LogP contribution in [0.5, 0.6) is 11.5 Å². The fourth-order valence-corrected chi connectivity index (χ4v) is 3.16. The Kier molecular flexibility index (Phi) is 5.16. The summed E-state index contributed by atoms with van der Waals surface area (Å²) in [5, 5.41) is 4.20. The molecule has 0 atom stereocenters. The van der Waals surface area contributed by atoms with Crippen LogP contribution in [0.1, 0.15) is 27.2 Å². The molecule has 0 radical (unpaired) electrons. The summed E-state index contributed by atoms with van der Waals surface area (Å²) in [6, 6.07) is 11.5. The number of benzene rings is 2. The average molecular weight is 352 g/mol. The molecule has 136 valence electrons. The van der Waals surface area contributed by atoms with E-state index >= 15 is 0 Å². The van der Waals surface area contributed by atoms with E-state index in [2.05, 4.69) is 42.3 Å². The van der Waals surface area contributed by atoms with E-state index in [0.717, 1.165) is 17.6 Å². The highest BCUT2D eigenvalue weighted by atomic mass is 16.5. The lowest BCUT2D eigenvalue weighted by Gasteiger charge is -2.09. The fourth-order valence-electron chi connectivity index (χ4n) is 3.16. The second kappa shape index (κ2) is 7.52. The largest absolute Gasteiger partial charge is 0.497 e. The number of nitrogens with one attached hydrogen (secondary N) is 2. The number of hydrogen-bond acceptors (Lipinski definition) is 3. The van der Waals surface area contributed by atoms with Crippen molar-refractivity contribution in [3.63, 3.8) is 0 Å². The molecule has 0 saturated heterocycles. The van der Waals surface area contributed by atoms with E-state index in [-0.39, 0.29) is 5.91 Å². The van der Waals surface area contributed by atoms with Gasteiger partial charge in [0.2, 0.25) is 0 Å². The Morgan fingerprint density at radius 3 is 2.38 bits per heavy atom. The molecule has 0 aliphatic heterocycles. The number of ether oxygens (including phenoxy) is 2. The van der Waals surface area contributed by atoms with Crippen LogP contribution in [0.15, 0.2) is 36.4 Å². The lowest BCUT2D eigenvalue weighted by Crippen LogP contribution is -2.25. The molecule has 0 bridgehead atoms. The summed E-state index contributed by atoms with van der Waals surface area (Å²) in [6.45, 7) is 4.71. The van der Waals surface area contributed by atoms with Crippen LogP contribution in [0, 0.1) is 13.8 Å². The molecule has 0 spiro atoms. The molecule has 0 fully saturated rings. The summed E-state index contributed by atoms with van der Waals surface area (Å²) in [7, 11) is 3.14. The first-order valence-corrected chi connectivity index (χ1v) is 8.61. The maximum Gasteiger partial charge on any atom is 0.251 e. The first kappa shape index (κ1) is 17.9. The third kappa shape index (κ3) is 3.67. The van der Waals surface area contributed by atoms with Crippen LogP contribution >= 0.6 is 0 Å². The molecule has 3 aromatic rings. The van der Waals surface area contributed by atoms with Gasteiger partial charge in [0.25, 0.3) is 5.91 Å². The summed E-state index contributed by atoms with van der Waals surface area (Å²) in [4.78, 5) is 15.9. The number of aromatic nitrogens is 1.